The van der Waals surface area contributed by atoms with Crippen molar-refractivity contribution in [3.8, 4) is 11.5 Å². The van der Waals surface area contributed by atoms with E-state index in [0.717, 1.165) is 17.1 Å². The molecule has 0 bridgehead atoms. The Labute approximate surface area is 284 Å². The van der Waals surface area contributed by atoms with Gasteiger partial charge in [-0.25, -0.2) is 15.3 Å². The predicted molar refractivity (Wildman–Crippen MR) is 170 cm³/mol. The zero-order valence-corrected chi connectivity index (χ0v) is 29.2. The zero-order valence-electron chi connectivity index (χ0n) is 27.2. The summed E-state index contributed by atoms with van der Waals surface area (Å²) in [6, 6.07) is 19.3. The van der Waals surface area contributed by atoms with Crippen LogP contribution in [0.3, 0.4) is 0 Å². The molecule has 0 atom stereocenters. The summed E-state index contributed by atoms with van der Waals surface area (Å²) in [5.74, 6) is 1.20. The molecule has 0 aliphatic rings. The number of para-hydroxylation sites is 1. The zero-order chi connectivity index (χ0) is 31.1. The van der Waals surface area contributed by atoms with Crippen LogP contribution in [0.15, 0.2) is 85.3 Å². The van der Waals surface area contributed by atoms with Crippen molar-refractivity contribution in [3.05, 3.63) is 108 Å². The number of rotatable bonds is 9. The Morgan fingerprint density at radius 1 is 0.717 bits per heavy atom. The molecule has 12 nitrogen and oxygen atoms in total. The van der Waals surface area contributed by atoms with Gasteiger partial charge in [0.15, 0.2) is 0 Å². The molecule has 0 aliphatic carbocycles. The van der Waals surface area contributed by atoms with Crippen LogP contribution in [-0.2, 0) is 32.0 Å². The number of nitrogens with one attached hydrogen (secondary N) is 1. The van der Waals surface area contributed by atoms with Gasteiger partial charge >= 0.3 is 7.12 Å². The maximum atomic E-state index is 11.8. The molecule has 0 spiro atoms. The smallest absolute Gasteiger partial charge is 0.326 e. The first-order chi connectivity index (χ1) is 20.6. The van der Waals surface area contributed by atoms with Gasteiger partial charge in [-0.15, -0.1) is 0 Å². The van der Waals surface area contributed by atoms with Crippen LogP contribution in [0.5, 0.6) is 11.5 Å². The Bertz CT molecular complexity index is 1520. The van der Waals surface area contributed by atoms with E-state index >= 15 is 0 Å². The summed E-state index contributed by atoms with van der Waals surface area (Å²) >= 11 is 0. The molecule has 248 valence electrons. The summed E-state index contributed by atoms with van der Waals surface area (Å²) in [5.41, 5.74) is 4.01. The molecule has 0 fully saturated rings. The van der Waals surface area contributed by atoms with Gasteiger partial charge in [0, 0.05) is 32.3 Å². The molecule has 3 aromatic heterocycles. The number of anilines is 1. The van der Waals surface area contributed by atoms with Crippen molar-refractivity contribution in [2.75, 3.05) is 12.4 Å². The van der Waals surface area contributed by atoms with Gasteiger partial charge in [0.25, 0.3) is 5.91 Å². The van der Waals surface area contributed by atoms with Gasteiger partial charge in [-0.05, 0) is 78.8 Å². The van der Waals surface area contributed by atoms with E-state index in [1.54, 1.807) is 43.5 Å². The molecule has 0 unspecified atom stereocenters. The average Bonchev–Trinajstić information content (AvgIpc) is 3.77. The number of benzene rings is 2. The van der Waals surface area contributed by atoms with E-state index in [9.17, 15) is 9.90 Å². The molecule has 0 saturated carbocycles. The van der Waals surface area contributed by atoms with Crippen molar-refractivity contribution in [1.29, 1.82) is 0 Å². The largest absolute Gasteiger partial charge is 2.00 e. The van der Waals surface area contributed by atoms with Crippen LogP contribution in [0.1, 0.15) is 86.7 Å². The van der Waals surface area contributed by atoms with Crippen molar-refractivity contribution in [1.82, 2.24) is 29.1 Å². The van der Waals surface area contributed by atoms with Crippen molar-refractivity contribution in [2.24, 2.45) is 0 Å². The van der Waals surface area contributed by atoms with Crippen molar-refractivity contribution in [3.63, 3.8) is 0 Å². The van der Waals surface area contributed by atoms with Gasteiger partial charge in [-0.3, -0.25) is 4.79 Å². The minimum Gasteiger partial charge on any atom is -2.00 e. The first-order valence-electron chi connectivity index (χ1n) is 14.6. The monoisotopic (exact) mass is 711 g/mol. The van der Waals surface area contributed by atoms with Crippen molar-refractivity contribution >= 4 is 18.7 Å². The maximum Gasteiger partial charge on any atom is 0.326 e. The summed E-state index contributed by atoms with van der Waals surface area (Å²) in [6.07, 6.45) is 6.13. The third-order valence-corrected chi connectivity index (χ3v) is 7.11. The van der Waals surface area contributed by atoms with E-state index in [0.29, 0.717) is 29.2 Å². The summed E-state index contributed by atoms with van der Waals surface area (Å²) in [5, 5.41) is 28.5. The molecule has 1 amide bonds. The molecule has 46 heavy (non-hydrogen) atoms. The Kier molecular flexibility index (Phi) is 15.7. The third kappa shape index (κ3) is 9.91. The first-order valence-corrected chi connectivity index (χ1v) is 14.6. The maximum absolute atomic E-state index is 11.8. The van der Waals surface area contributed by atoms with Crippen LogP contribution >= 0.6 is 0 Å². The summed E-state index contributed by atoms with van der Waals surface area (Å²) in [7, 11) is 0.302. The fraction of sp³-hybridized carbons (Fsp3) is 0.312. The van der Waals surface area contributed by atoms with Crippen molar-refractivity contribution < 1.29 is 46.7 Å². The Morgan fingerprint density at radius 3 is 1.48 bits per heavy atom. The van der Waals surface area contributed by atoms with Crippen LogP contribution in [-0.4, -0.2) is 49.2 Å². The SMILES string of the molecule is CC(C)c1ccn([BH-](n2ccc(C(C)C)n2)n2ccc(C(C)C)n2)n1.COc1ccc(NC(=O)c2ccccc2[O-])cc1.[Mo].[O-2].[O-2]. The number of ether oxygens (including phenoxy) is 1. The molecule has 14 heteroatoms. The number of hydrogen-bond acceptors (Lipinski definition) is 6. The molecule has 0 radical (unpaired) electrons. The predicted octanol–water partition coefficient (Wildman–Crippen LogP) is 5.09. The number of methoxy groups -OCH3 is 1. The van der Waals surface area contributed by atoms with Crippen LogP contribution in [0.4, 0.5) is 5.69 Å². The second kappa shape index (κ2) is 18.1. The van der Waals surface area contributed by atoms with E-state index in [4.69, 9.17) is 20.0 Å². The quantitative estimate of drug-likeness (QED) is 0.209. The molecule has 2 aromatic carbocycles. The fourth-order valence-corrected chi connectivity index (χ4v) is 4.50. The van der Waals surface area contributed by atoms with E-state index < -0.39 is 13.0 Å². The number of carbonyl (C=O) groups excluding carboxylic acids is 1. The van der Waals surface area contributed by atoms with Crippen LogP contribution in [0.25, 0.3) is 0 Å². The van der Waals surface area contributed by atoms with Gasteiger partial charge in [-0.1, -0.05) is 71.6 Å². The van der Waals surface area contributed by atoms with Gasteiger partial charge in [0.05, 0.1) is 24.2 Å². The molecular weight excluding hydrogens is 669 g/mol. The van der Waals surface area contributed by atoms with E-state index in [-0.39, 0.29) is 43.3 Å². The van der Waals surface area contributed by atoms with E-state index in [1.165, 1.54) is 12.1 Å². The van der Waals surface area contributed by atoms with Crippen LogP contribution in [0, 0.1) is 0 Å². The fourth-order valence-electron chi connectivity index (χ4n) is 4.50. The first kappa shape index (κ1) is 39.8. The molecule has 1 N–H and O–H groups in total. The number of carbonyl (C=O) groups is 1. The average molecular weight is 709 g/mol. The second-order valence-corrected chi connectivity index (χ2v) is 11.4. The van der Waals surface area contributed by atoms with Gasteiger partial charge in [0.2, 0.25) is 0 Å². The van der Waals surface area contributed by atoms with Gasteiger partial charge < -0.3 is 39.9 Å². The normalized spacial score (nSPS) is 10.5. The minimum atomic E-state index is -1.27. The molecule has 0 aliphatic heterocycles. The van der Waals surface area contributed by atoms with Crippen molar-refractivity contribution in [2.45, 2.75) is 59.3 Å². The minimum absolute atomic E-state index is 0. The summed E-state index contributed by atoms with van der Waals surface area (Å²) in [6.45, 7) is 13.0. The van der Waals surface area contributed by atoms with Crippen LogP contribution in [0.2, 0.25) is 0 Å². The molecule has 0 saturated heterocycles. The van der Waals surface area contributed by atoms with E-state index in [1.807, 2.05) is 32.4 Å². The second-order valence-electron chi connectivity index (χ2n) is 11.4. The molecule has 3 heterocycles. The Hall–Kier alpha value is -4.19. The van der Waals surface area contributed by atoms with Crippen LogP contribution < -0.4 is 15.2 Å². The molecule has 5 rings (SSSR count). The Morgan fingerprint density at radius 2 is 1.13 bits per heavy atom. The molecular formula is C32H40BMoN7O5-6. The topological polar surface area (TPSA) is 172 Å². The number of amides is 1. The summed E-state index contributed by atoms with van der Waals surface area (Å²) < 4.78 is 11.1. The van der Waals surface area contributed by atoms with Gasteiger partial charge in [0.1, 0.15) is 5.75 Å². The number of nitrogens with zero attached hydrogens (tertiary/aromatic N) is 6. The third-order valence-electron chi connectivity index (χ3n) is 7.11. The number of hydrogen-bond donors (Lipinski definition) is 1. The Balaban J connectivity index is 0.000000452. The standard InChI is InChI=1S/C18H28BN6.C14H13NO3.Mo.2O/c1-13(2)16-7-10-23(20-16)19(24-11-8-17(21-24)14(3)4)25-12-9-18(22-25)15(5)6;1-18-11-8-6-10(7-9-11)15-14(17)12-4-2-3-5-13(12)16;;;/h7-15,19H,1-6H3;2-9,16H,1H3,(H,15,17);;;/q-1;;;2*-2/p-1. The van der Waals surface area contributed by atoms with Gasteiger partial charge in [-0.2, -0.15) is 0 Å². The summed E-state index contributed by atoms with van der Waals surface area (Å²) in [4.78, 5) is 11.8. The number of aromatic nitrogens is 6. The van der Waals surface area contributed by atoms with E-state index in [2.05, 4.69) is 65.1 Å². The molecule has 5 aromatic rings.